The molecule has 25 heavy (non-hydrogen) atoms. The van der Waals surface area contributed by atoms with Crippen molar-refractivity contribution >= 4 is 38.0 Å². The topological polar surface area (TPSA) is 89.8 Å². The van der Waals surface area contributed by atoms with E-state index < -0.39 is 10.0 Å². The minimum absolute atomic E-state index is 0.331. The molecule has 0 atom stereocenters. The molecule has 0 amide bonds. The normalized spacial score (nSPS) is 11.6. The fraction of sp³-hybridized carbons (Fsp3) is 0.250. The van der Waals surface area contributed by atoms with Crippen molar-refractivity contribution < 1.29 is 17.9 Å². The second-order valence-electron chi connectivity index (χ2n) is 5.47. The number of carbonyl (C=O) groups excluding carboxylic acids is 1. The Morgan fingerprint density at radius 3 is 2.56 bits per heavy atom. The van der Waals surface area contributed by atoms with Crippen molar-refractivity contribution in [2.75, 3.05) is 17.6 Å². The summed E-state index contributed by atoms with van der Waals surface area (Å²) in [5, 5.41) is 0. The monoisotopic (exact) mass is 379 g/mol. The molecule has 0 spiro atoms. The zero-order valence-corrected chi connectivity index (χ0v) is 15.6. The molecule has 0 aliphatic heterocycles. The number of benzene rings is 1. The highest BCUT2D eigenvalue weighted by molar-refractivity contribution is 7.92. The summed E-state index contributed by atoms with van der Waals surface area (Å²) in [5.74, 6) is -0.340. The number of aryl methyl sites for hydroxylation is 1. The number of nitrogens with one attached hydrogen (secondary N) is 1. The number of imidazole rings is 1. The first-order valence-corrected chi connectivity index (χ1v) is 10.2. The maximum absolute atomic E-state index is 11.9. The van der Waals surface area contributed by atoms with Gasteiger partial charge in [-0.05, 0) is 26.0 Å². The van der Waals surface area contributed by atoms with E-state index in [0.717, 1.165) is 23.2 Å². The minimum atomic E-state index is -3.30. The molecule has 0 radical (unpaired) electrons. The van der Waals surface area contributed by atoms with E-state index in [2.05, 4.69) is 9.71 Å². The number of sulfonamides is 1. The summed E-state index contributed by atoms with van der Waals surface area (Å²) in [7, 11) is -3.30. The molecule has 2 heterocycles. The SMILES string of the molecule is CCOC(=O)c1sc2nc(-c3ccc(NS(C)(=O)=O)cc3)cn2c1C. The second kappa shape index (κ2) is 6.49. The first-order chi connectivity index (χ1) is 11.8. The van der Waals surface area contributed by atoms with Crippen molar-refractivity contribution in [2.45, 2.75) is 13.8 Å². The Balaban J connectivity index is 1.91. The minimum Gasteiger partial charge on any atom is -0.462 e. The van der Waals surface area contributed by atoms with Gasteiger partial charge >= 0.3 is 5.97 Å². The number of esters is 1. The van der Waals surface area contributed by atoms with Crippen LogP contribution in [0.25, 0.3) is 16.2 Å². The third-order valence-corrected chi connectivity index (χ3v) is 5.24. The third-order valence-electron chi connectivity index (χ3n) is 3.50. The molecule has 0 bridgehead atoms. The molecule has 1 N–H and O–H groups in total. The number of aromatic nitrogens is 2. The van der Waals surface area contributed by atoms with Crippen LogP contribution in [0.1, 0.15) is 22.3 Å². The van der Waals surface area contributed by atoms with Crippen LogP contribution in [0.2, 0.25) is 0 Å². The Kier molecular flexibility index (Phi) is 4.53. The molecule has 1 aromatic carbocycles. The van der Waals surface area contributed by atoms with Gasteiger partial charge in [0.25, 0.3) is 0 Å². The van der Waals surface area contributed by atoms with Crippen LogP contribution in [0.15, 0.2) is 30.5 Å². The second-order valence-corrected chi connectivity index (χ2v) is 8.19. The number of carbonyl (C=O) groups is 1. The summed E-state index contributed by atoms with van der Waals surface area (Å²) in [6, 6.07) is 6.95. The van der Waals surface area contributed by atoms with Crippen molar-refractivity contribution in [3.8, 4) is 11.3 Å². The largest absolute Gasteiger partial charge is 0.462 e. The Morgan fingerprint density at radius 1 is 1.32 bits per heavy atom. The predicted octanol–water partition coefficient (Wildman–Crippen LogP) is 2.92. The quantitative estimate of drug-likeness (QED) is 0.689. The number of thiazole rings is 1. The van der Waals surface area contributed by atoms with Gasteiger partial charge in [0.2, 0.25) is 10.0 Å². The summed E-state index contributed by atoms with van der Waals surface area (Å²) in [6.07, 6.45) is 2.96. The van der Waals surface area contributed by atoms with Gasteiger partial charge in [0.1, 0.15) is 4.88 Å². The Hall–Kier alpha value is -2.39. The summed E-state index contributed by atoms with van der Waals surface area (Å²) >= 11 is 1.28. The van der Waals surface area contributed by atoms with E-state index in [9.17, 15) is 13.2 Å². The van der Waals surface area contributed by atoms with Gasteiger partial charge in [0.05, 0.1) is 18.6 Å². The van der Waals surface area contributed by atoms with Crippen molar-refractivity contribution in [2.24, 2.45) is 0 Å². The molecule has 0 aliphatic carbocycles. The van der Waals surface area contributed by atoms with Crippen LogP contribution >= 0.6 is 11.3 Å². The fourth-order valence-corrected chi connectivity index (χ4v) is 3.97. The Labute approximate surface area is 149 Å². The molecular formula is C16H17N3O4S2. The lowest BCUT2D eigenvalue weighted by Crippen LogP contribution is -2.09. The number of hydrogen-bond donors (Lipinski definition) is 1. The predicted molar refractivity (Wildman–Crippen MR) is 97.7 cm³/mol. The average molecular weight is 379 g/mol. The van der Waals surface area contributed by atoms with Crippen molar-refractivity contribution in [1.29, 1.82) is 0 Å². The lowest BCUT2D eigenvalue weighted by atomic mass is 10.1. The maximum Gasteiger partial charge on any atom is 0.350 e. The number of anilines is 1. The Morgan fingerprint density at radius 2 is 2.00 bits per heavy atom. The molecule has 9 heteroatoms. The lowest BCUT2D eigenvalue weighted by Gasteiger charge is -2.04. The standard InChI is InChI=1S/C16H17N3O4S2/c1-4-23-15(20)14-10(2)19-9-13(17-16(19)24-14)11-5-7-12(8-6-11)18-25(3,21)22/h5-9,18H,4H2,1-3H3. The molecule has 3 aromatic rings. The lowest BCUT2D eigenvalue weighted by molar-refractivity contribution is 0.0531. The molecule has 2 aromatic heterocycles. The fourth-order valence-electron chi connectivity index (χ4n) is 2.40. The van der Waals surface area contributed by atoms with Crippen LogP contribution in [0.4, 0.5) is 5.69 Å². The van der Waals surface area contributed by atoms with Crippen LogP contribution in [0.3, 0.4) is 0 Å². The molecule has 0 unspecified atom stereocenters. The Bertz CT molecular complexity index is 1030. The van der Waals surface area contributed by atoms with Gasteiger partial charge in [-0.15, -0.1) is 0 Å². The third kappa shape index (κ3) is 3.67. The summed E-state index contributed by atoms with van der Waals surface area (Å²) in [4.78, 5) is 17.7. The van der Waals surface area contributed by atoms with Crippen LogP contribution < -0.4 is 4.72 Å². The van der Waals surface area contributed by atoms with Gasteiger partial charge in [-0.1, -0.05) is 23.5 Å². The van der Waals surface area contributed by atoms with Crippen LogP contribution in [0.5, 0.6) is 0 Å². The molecule has 0 saturated carbocycles. The average Bonchev–Trinajstić information content (AvgIpc) is 3.07. The number of nitrogens with zero attached hydrogens (tertiary/aromatic N) is 2. The number of hydrogen-bond acceptors (Lipinski definition) is 6. The van der Waals surface area contributed by atoms with E-state index in [0.29, 0.717) is 22.1 Å². The highest BCUT2D eigenvalue weighted by Crippen LogP contribution is 2.28. The number of rotatable bonds is 5. The zero-order chi connectivity index (χ0) is 18.2. The highest BCUT2D eigenvalue weighted by atomic mass is 32.2. The van der Waals surface area contributed by atoms with Crippen molar-refractivity contribution in [3.05, 3.63) is 41.0 Å². The van der Waals surface area contributed by atoms with E-state index in [1.807, 2.05) is 17.5 Å². The van der Waals surface area contributed by atoms with E-state index in [1.54, 1.807) is 31.2 Å². The van der Waals surface area contributed by atoms with E-state index in [1.165, 1.54) is 11.3 Å². The van der Waals surface area contributed by atoms with Crippen molar-refractivity contribution in [1.82, 2.24) is 9.38 Å². The number of fused-ring (bicyclic) bond motifs is 1. The van der Waals surface area contributed by atoms with Crippen LogP contribution in [-0.2, 0) is 14.8 Å². The molecule has 0 saturated heterocycles. The van der Waals surface area contributed by atoms with E-state index in [4.69, 9.17) is 4.74 Å². The molecule has 0 fully saturated rings. The molecule has 0 aliphatic rings. The highest BCUT2D eigenvalue weighted by Gasteiger charge is 2.18. The first kappa shape index (κ1) is 17.4. The van der Waals surface area contributed by atoms with Crippen LogP contribution in [-0.4, -0.2) is 36.6 Å². The van der Waals surface area contributed by atoms with Gasteiger partial charge < -0.3 is 4.74 Å². The summed E-state index contributed by atoms with van der Waals surface area (Å²) in [6.45, 7) is 3.95. The molecule has 3 rings (SSSR count). The van der Waals surface area contributed by atoms with E-state index >= 15 is 0 Å². The summed E-state index contributed by atoms with van der Waals surface area (Å²) < 4.78 is 31.8. The molecular weight excluding hydrogens is 362 g/mol. The van der Waals surface area contributed by atoms with E-state index in [-0.39, 0.29) is 5.97 Å². The maximum atomic E-state index is 11.9. The van der Waals surface area contributed by atoms with Gasteiger partial charge in [-0.25, -0.2) is 18.2 Å². The van der Waals surface area contributed by atoms with Crippen LogP contribution in [0, 0.1) is 6.92 Å². The smallest absolute Gasteiger partial charge is 0.350 e. The number of ether oxygens (including phenoxy) is 1. The van der Waals surface area contributed by atoms with Gasteiger partial charge in [0, 0.05) is 23.1 Å². The van der Waals surface area contributed by atoms with Gasteiger partial charge in [0.15, 0.2) is 4.96 Å². The zero-order valence-electron chi connectivity index (χ0n) is 13.9. The van der Waals surface area contributed by atoms with Gasteiger partial charge in [-0.2, -0.15) is 0 Å². The first-order valence-electron chi connectivity index (χ1n) is 7.52. The summed E-state index contributed by atoms with van der Waals surface area (Å²) in [5.41, 5.74) is 2.88. The molecule has 7 nitrogen and oxygen atoms in total. The van der Waals surface area contributed by atoms with Crippen molar-refractivity contribution in [3.63, 3.8) is 0 Å². The molecule has 132 valence electrons. The van der Waals surface area contributed by atoms with Gasteiger partial charge in [-0.3, -0.25) is 9.12 Å².